The Labute approximate surface area is 114 Å². The fourth-order valence-corrected chi connectivity index (χ4v) is 2.48. The summed E-state index contributed by atoms with van der Waals surface area (Å²) in [5.74, 6) is 0.940. The second-order valence-corrected chi connectivity index (χ2v) is 5.62. The summed E-state index contributed by atoms with van der Waals surface area (Å²) < 4.78 is 5.81. The molecule has 19 heavy (non-hydrogen) atoms. The van der Waals surface area contributed by atoms with Crippen LogP contribution < -0.4 is 10.2 Å². The van der Waals surface area contributed by atoms with Crippen LogP contribution in [0.2, 0.25) is 0 Å². The minimum absolute atomic E-state index is 0.0395. The predicted molar refractivity (Wildman–Crippen MR) is 75.3 cm³/mol. The maximum Gasteiger partial charge on any atom is 0.128 e. The van der Waals surface area contributed by atoms with Crippen LogP contribution in [0.1, 0.15) is 19.4 Å². The molecule has 0 bridgehead atoms. The highest BCUT2D eigenvalue weighted by molar-refractivity contribution is 5.40. The van der Waals surface area contributed by atoms with Crippen molar-refractivity contribution < 1.29 is 9.84 Å². The number of pyridine rings is 1. The number of aromatic nitrogens is 1. The van der Waals surface area contributed by atoms with Crippen molar-refractivity contribution >= 4 is 5.82 Å². The number of anilines is 1. The van der Waals surface area contributed by atoms with E-state index in [0.29, 0.717) is 6.54 Å². The molecule has 2 heterocycles. The first-order valence-corrected chi connectivity index (χ1v) is 6.67. The Bertz CT molecular complexity index is 406. The second-order valence-electron chi connectivity index (χ2n) is 5.62. The largest absolute Gasteiger partial charge is 0.394 e. The second kappa shape index (κ2) is 5.86. The van der Waals surface area contributed by atoms with Gasteiger partial charge in [0.15, 0.2) is 0 Å². The molecule has 1 aliphatic rings. The van der Waals surface area contributed by atoms with Gasteiger partial charge < -0.3 is 20.1 Å². The van der Waals surface area contributed by atoms with Crippen LogP contribution in [0.4, 0.5) is 5.82 Å². The van der Waals surface area contributed by atoms with Gasteiger partial charge in [0.25, 0.3) is 0 Å². The Morgan fingerprint density at radius 2 is 2.32 bits per heavy atom. The van der Waals surface area contributed by atoms with E-state index in [9.17, 15) is 5.11 Å². The Balaban J connectivity index is 2.11. The average molecular weight is 265 g/mol. The maximum absolute atomic E-state index is 9.32. The minimum Gasteiger partial charge on any atom is -0.394 e. The highest BCUT2D eigenvalue weighted by Crippen LogP contribution is 2.24. The first kappa shape index (κ1) is 14.2. The fraction of sp³-hybridized carbons (Fsp3) is 0.643. The number of ether oxygens (including phenoxy) is 1. The van der Waals surface area contributed by atoms with Gasteiger partial charge in [-0.3, -0.25) is 0 Å². The zero-order valence-corrected chi connectivity index (χ0v) is 11.9. The quantitative estimate of drug-likeness (QED) is 0.842. The van der Waals surface area contributed by atoms with E-state index < -0.39 is 0 Å². The number of hydrogen-bond donors (Lipinski definition) is 2. The third kappa shape index (κ3) is 3.65. The van der Waals surface area contributed by atoms with Gasteiger partial charge >= 0.3 is 0 Å². The number of aliphatic hydroxyl groups is 1. The summed E-state index contributed by atoms with van der Waals surface area (Å²) in [4.78, 5) is 6.68. The smallest absolute Gasteiger partial charge is 0.128 e. The Morgan fingerprint density at radius 3 is 2.89 bits per heavy atom. The maximum atomic E-state index is 9.32. The van der Waals surface area contributed by atoms with Crippen LogP contribution in [0.25, 0.3) is 0 Å². The van der Waals surface area contributed by atoms with Crippen molar-refractivity contribution in [1.82, 2.24) is 10.3 Å². The molecule has 1 saturated heterocycles. The molecule has 0 radical (unpaired) electrons. The molecule has 1 unspecified atom stereocenters. The van der Waals surface area contributed by atoms with E-state index in [4.69, 9.17) is 4.74 Å². The van der Waals surface area contributed by atoms with Crippen molar-refractivity contribution in [3.63, 3.8) is 0 Å². The molecule has 1 aliphatic heterocycles. The Hall–Kier alpha value is -1.17. The van der Waals surface area contributed by atoms with E-state index in [1.165, 1.54) is 0 Å². The van der Waals surface area contributed by atoms with Gasteiger partial charge in [0.1, 0.15) is 5.82 Å². The predicted octanol–water partition coefficient (Wildman–Crippen LogP) is 0.777. The van der Waals surface area contributed by atoms with Crippen molar-refractivity contribution in [1.29, 1.82) is 0 Å². The van der Waals surface area contributed by atoms with E-state index in [2.05, 4.69) is 21.3 Å². The Morgan fingerprint density at radius 1 is 1.53 bits per heavy atom. The van der Waals surface area contributed by atoms with Gasteiger partial charge in [-0.2, -0.15) is 0 Å². The SMILES string of the molecule is CNCc1ccc(N2CC(CO)OC(C)(C)C2)nc1. The molecule has 0 aromatic carbocycles. The molecule has 0 saturated carbocycles. The first-order chi connectivity index (χ1) is 9.04. The lowest BCUT2D eigenvalue weighted by Gasteiger charge is -2.42. The molecule has 0 amide bonds. The number of morpholine rings is 1. The number of nitrogens with one attached hydrogen (secondary N) is 1. The zero-order chi connectivity index (χ0) is 13.9. The minimum atomic E-state index is -0.267. The van der Waals surface area contributed by atoms with Crippen molar-refractivity contribution in [3.8, 4) is 0 Å². The summed E-state index contributed by atoms with van der Waals surface area (Å²) >= 11 is 0. The zero-order valence-electron chi connectivity index (χ0n) is 11.9. The van der Waals surface area contributed by atoms with Crippen molar-refractivity contribution in [2.45, 2.75) is 32.1 Å². The monoisotopic (exact) mass is 265 g/mol. The summed E-state index contributed by atoms with van der Waals surface area (Å²) in [6.07, 6.45) is 1.74. The van der Waals surface area contributed by atoms with Gasteiger partial charge in [0.05, 0.1) is 18.3 Å². The number of rotatable bonds is 4. The highest BCUT2D eigenvalue weighted by Gasteiger charge is 2.33. The lowest BCUT2D eigenvalue weighted by atomic mass is 10.1. The topological polar surface area (TPSA) is 57.6 Å². The molecule has 1 aromatic rings. The number of nitrogens with zero attached hydrogens (tertiary/aromatic N) is 2. The first-order valence-electron chi connectivity index (χ1n) is 6.67. The van der Waals surface area contributed by atoms with E-state index >= 15 is 0 Å². The van der Waals surface area contributed by atoms with E-state index in [1.807, 2.05) is 33.2 Å². The molecule has 2 N–H and O–H groups in total. The molecule has 5 heteroatoms. The van der Waals surface area contributed by atoms with E-state index in [-0.39, 0.29) is 18.3 Å². The summed E-state index contributed by atoms with van der Waals surface area (Å²) in [5, 5.41) is 12.4. The summed E-state index contributed by atoms with van der Waals surface area (Å²) in [6, 6.07) is 4.11. The number of aliphatic hydroxyl groups excluding tert-OH is 1. The van der Waals surface area contributed by atoms with Gasteiger partial charge in [-0.25, -0.2) is 4.98 Å². The molecule has 1 atom stereocenters. The molecule has 1 aromatic heterocycles. The summed E-state index contributed by atoms with van der Waals surface area (Å²) in [5.41, 5.74) is 0.897. The molecule has 5 nitrogen and oxygen atoms in total. The van der Waals surface area contributed by atoms with Gasteiger partial charge in [-0.15, -0.1) is 0 Å². The lowest BCUT2D eigenvalue weighted by molar-refractivity contribution is -0.101. The lowest BCUT2D eigenvalue weighted by Crippen LogP contribution is -2.54. The standard InChI is InChI=1S/C14H23N3O2/c1-14(2)10-17(8-12(9-18)19-14)13-5-4-11(6-15-3)7-16-13/h4-5,7,12,15,18H,6,8-10H2,1-3H3. The van der Waals surface area contributed by atoms with Crippen LogP contribution in [0, 0.1) is 0 Å². The highest BCUT2D eigenvalue weighted by atomic mass is 16.5. The molecule has 0 spiro atoms. The molecule has 1 fully saturated rings. The average Bonchev–Trinajstić information content (AvgIpc) is 2.38. The van der Waals surface area contributed by atoms with E-state index in [1.54, 1.807) is 0 Å². The number of hydrogen-bond acceptors (Lipinski definition) is 5. The summed E-state index contributed by atoms with van der Waals surface area (Å²) in [6.45, 7) is 6.40. The van der Waals surface area contributed by atoms with Crippen molar-refractivity contribution in [2.75, 3.05) is 31.6 Å². The van der Waals surface area contributed by atoms with Gasteiger partial charge in [-0.05, 0) is 32.5 Å². The molecule has 2 rings (SSSR count). The normalized spacial score (nSPS) is 22.5. The fourth-order valence-electron chi connectivity index (χ4n) is 2.48. The van der Waals surface area contributed by atoms with Crippen LogP contribution in [0.15, 0.2) is 18.3 Å². The van der Waals surface area contributed by atoms with E-state index in [0.717, 1.165) is 24.5 Å². The molecule has 0 aliphatic carbocycles. The van der Waals surface area contributed by atoms with Crippen LogP contribution in [-0.2, 0) is 11.3 Å². The van der Waals surface area contributed by atoms with Crippen molar-refractivity contribution in [3.05, 3.63) is 23.9 Å². The van der Waals surface area contributed by atoms with Crippen LogP contribution in [0.5, 0.6) is 0 Å². The summed E-state index contributed by atoms with van der Waals surface area (Å²) in [7, 11) is 1.92. The molecule has 106 valence electrons. The van der Waals surface area contributed by atoms with Crippen LogP contribution >= 0.6 is 0 Å². The third-order valence-electron chi connectivity index (χ3n) is 3.20. The van der Waals surface area contributed by atoms with Crippen LogP contribution in [-0.4, -0.2) is 48.5 Å². The van der Waals surface area contributed by atoms with Crippen molar-refractivity contribution in [2.24, 2.45) is 0 Å². The Kier molecular flexibility index (Phi) is 4.39. The van der Waals surface area contributed by atoms with Crippen LogP contribution in [0.3, 0.4) is 0 Å². The molecular weight excluding hydrogens is 242 g/mol. The third-order valence-corrected chi connectivity index (χ3v) is 3.20. The molecular formula is C14H23N3O2. The van der Waals surface area contributed by atoms with Gasteiger partial charge in [0, 0.05) is 25.8 Å². The van der Waals surface area contributed by atoms with Gasteiger partial charge in [0.2, 0.25) is 0 Å². The van der Waals surface area contributed by atoms with Gasteiger partial charge in [-0.1, -0.05) is 6.07 Å².